The number of nitrogens with zero attached hydrogens (tertiary/aromatic N) is 2. The van der Waals surface area contributed by atoms with Gasteiger partial charge in [-0.2, -0.15) is 0 Å². The van der Waals surface area contributed by atoms with Crippen molar-refractivity contribution in [3.8, 4) is 0 Å². The summed E-state index contributed by atoms with van der Waals surface area (Å²) in [5.41, 5.74) is 2.69. The summed E-state index contributed by atoms with van der Waals surface area (Å²) < 4.78 is 2.02. The summed E-state index contributed by atoms with van der Waals surface area (Å²) in [5, 5.41) is 4.26. The number of pyridine rings is 1. The normalized spacial score (nSPS) is 10.9. The molecule has 1 N–H and O–H groups in total. The summed E-state index contributed by atoms with van der Waals surface area (Å²) in [7, 11) is 0. The Morgan fingerprint density at radius 1 is 1.23 bits per heavy atom. The SMILES string of the molecule is CCn1c(C(=O)Nc2cccc(Cl)n2)c(C)c2ccccc21. The molecule has 0 spiro atoms. The maximum absolute atomic E-state index is 12.7. The van der Waals surface area contributed by atoms with Crippen LogP contribution in [-0.2, 0) is 6.54 Å². The van der Waals surface area contributed by atoms with E-state index < -0.39 is 0 Å². The third kappa shape index (κ3) is 2.46. The van der Waals surface area contributed by atoms with Crippen molar-refractivity contribution in [2.24, 2.45) is 0 Å². The van der Waals surface area contributed by atoms with Crippen LogP contribution in [0.15, 0.2) is 42.5 Å². The number of aromatic nitrogens is 2. The number of halogens is 1. The van der Waals surface area contributed by atoms with Crippen LogP contribution in [0.2, 0.25) is 5.15 Å². The molecule has 2 heterocycles. The third-order valence-corrected chi connectivity index (χ3v) is 3.92. The van der Waals surface area contributed by atoms with E-state index in [0.29, 0.717) is 16.7 Å². The summed E-state index contributed by atoms with van der Waals surface area (Å²) in [6.45, 7) is 4.72. The molecule has 0 aliphatic rings. The predicted molar refractivity (Wildman–Crippen MR) is 89.5 cm³/mol. The zero-order chi connectivity index (χ0) is 15.7. The number of anilines is 1. The highest BCUT2D eigenvalue weighted by atomic mass is 35.5. The molecule has 4 nitrogen and oxygen atoms in total. The van der Waals surface area contributed by atoms with E-state index in [1.807, 2.05) is 42.7 Å². The van der Waals surface area contributed by atoms with E-state index in [9.17, 15) is 4.79 Å². The fourth-order valence-corrected chi connectivity index (χ4v) is 2.92. The second kappa shape index (κ2) is 5.81. The number of hydrogen-bond donors (Lipinski definition) is 1. The van der Waals surface area contributed by atoms with Crippen LogP contribution in [0, 0.1) is 6.92 Å². The van der Waals surface area contributed by atoms with E-state index >= 15 is 0 Å². The van der Waals surface area contributed by atoms with Gasteiger partial charge in [0.2, 0.25) is 0 Å². The molecule has 112 valence electrons. The summed E-state index contributed by atoms with van der Waals surface area (Å²) in [4.78, 5) is 16.8. The second-order valence-electron chi connectivity index (χ2n) is 5.03. The molecule has 0 unspecified atom stereocenters. The Kier molecular flexibility index (Phi) is 3.86. The van der Waals surface area contributed by atoms with Crippen molar-refractivity contribution in [2.75, 3.05) is 5.32 Å². The molecule has 3 rings (SSSR count). The number of nitrogens with one attached hydrogen (secondary N) is 1. The monoisotopic (exact) mass is 313 g/mol. The molecule has 0 aliphatic carbocycles. The van der Waals surface area contributed by atoms with Gasteiger partial charge in [0.25, 0.3) is 5.91 Å². The van der Waals surface area contributed by atoms with Crippen LogP contribution in [-0.4, -0.2) is 15.5 Å². The van der Waals surface area contributed by atoms with Gasteiger partial charge < -0.3 is 9.88 Å². The maximum atomic E-state index is 12.7. The first kappa shape index (κ1) is 14.6. The van der Waals surface area contributed by atoms with E-state index in [4.69, 9.17) is 11.6 Å². The number of amides is 1. The van der Waals surface area contributed by atoms with Gasteiger partial charge in [0.05, 0.1) is 0 Å². The van der Waals surface area contributed by atoms with Crippen molar-refractivity contribution in [1.29, 1.82) is 0 Å². The largest absolute Gasteiger partial charge is 0.337 e. The Morgan fingerprint density at radius 3 is 2.73 bits per heavy atom. The van der Waals surface area contributed by atoms with Crippen LogP contribution < -0.4 is 5.32 Å². The maximum Gasteiger partial charge on any atom is 0.273 e. The molecule has 3 aromatic rings. The van der Waals surface area contributed by atoms with Crippen molar-refractivity contribution in [1.82, 2.24) is 9.55 Å². The quantitative estimate of drug-likeness (QED) is 0.734. The lowest BCUT2D eigenvalue weighted by molar-refractivity contribution is 0.101. The molecule has 5 heteroatoms. The van der Waals surface area contributed by atoms with Crippen molar-refractivity contribution < 1.29 is 4.79 Å². The highest BCUT2D eigenvalue weighted by Crippen LogP contribution is 2.26. The smallest absolute Gasteiger partial charge is 0.273 e. The van der Waals surface area contributed by atoms with Crippen LogP contribution >= 0.6 is 11.6 Å². The number of carbonyl (C=O) groups excluding carboxylic acids is 1. The minimum Gasteiger partial charge on any atom is -0.337 e. The zero-order valence-electron chi connectivity index (χ0n) is 12.4. The molecule has 1 aromatic carbocycles. The Balaban J connectivity index is 2.05. The Labute approximate surface area is 133 Å². The average molecular weight is 314 g/mol. The number of rotatable bonds is 3. The Hall–Kier alpha value is -2.33. The lowest BCUT2D eigenvalue weighted by Crippen LogP contribution is -2.18. The van der Waals surface area contributed by atoms with Crippen LogP contribution in [0.1, 0.15) is 23.0 Å². The van der Waals surface area contributed by atoms with Crippen molar-refractivity contribution in [3.05, 3.63) is 58.9 Å². The van der Waals surface area contributed by atoms with Gasteiger partial charge in [-0.15, -0.1) is 0 Å². The minimum absolute atomic E-state index is 0.176. The first-order valence-electron chi connectivity index (χ1n) is 7.13. The summed E-state index contributed by atoms with van der Waals surface area (Å²) in [6.07, 6.45) is 0. The molecule has 0 fully saturated rings. The molecule has 0 aliphatic heterocycles. The van der Waals surface area contributed by atoms with Gasteiger partial charge in [-0.25, -0.2) is 4.98 Å². The number of fused-ring (bicyclic) bond motifs is 1. The number of para-hydroxylation sites is 1. The summed E-state index contributed by atoms with van der Waals surface area (Å²) in [6, 6.07) is 13.2. The molecule has 0 saturated heterocycles. The third-order valence-electron chi connectivity index (χ3n) is 3.71. The van der Waals surface area contributed by atoms with E-state index in [1.165, 1.54) is 0 Å². The van der Waals surface area contributed by atoms with E-state index in [0.717, 1.165) is 23.0 Å². The van der Waals surface area contributed by atoms with Crippen LogP contribution in [0.4, 0.5) is 5.82 Å². The van der Waals surface area contributed by atoms with E-state index in [1.54, 1.807) is 18.2 Å². The van der Waals surface area contributed by atoms with Crippen LogP contribution in [0.3, 0.4) is 0 Å². The molecule has 0 bridgehead atoms. The van der Waals surface area contributed by atoms with Gasteiger partial charge in [0, 0.05) is 17.4 Å². The van der Waals surface area contributed by atoms with Gasteiger partial charge in [0.1, 0.15) is 16.7 Å². The van der Waals surface area contributed by atoms with Crippen LogP contribution in [0.5, 0.6) is 0 Å². The second-order valence-corrected chi connectivity index (χ2v) is 5.42. The molecule has 22 heavy (non-hydrogen) atoms. The lowest BCUT2D eigenvalue weighted by Gasteiger charge is -2.09. The van der Waals surface area contributed by atoms with Crippen molar-refractivity contribution >= 4 is 34.2 Å². The summed E-state index contributed by atoms with van der Waals surface area (Å²) >= 11 is 5.86. The number of hydrogen-bond acceptors (Lipinski definition) is 2. The molecule has 0 atom stereocenters. The summed E-state index contributed by atoms with van der Waals surface area (Å²) in [5.74, 6) is 0.273. The van der Waals surface area contributed by atoms with E-state index in [-0.39, 0.29) is 5.91 Å². The highest BCUT2D eigenvalue weighted by Gasteiger charge is 2.19. The first-order chi connectivity index (χ1) is 10.6. The van der Waals surface area contributed by atoms with Gasteiger partial charge in [-0.05, 0) is 37.6 Å². The number of aryl methyl sites for hydroxylation is 2. The number of carbonyl (C=O) groups is 1. The first-order valence-corrected chi connectivity index (χ1v) is 7.51. The van der Waals surface area contributed by atoms with E-state index in [2.05, 4.69) is 10.3 Å². The lowest BCUT2D eigenvalue weighted by atomic mass is 10.1. The van der Waals surface area contributed by atoms with Crippen LogP contribution in [0.25, 0.3) is 10.9 Å². The average Bonchev–Trinajstić information content (AvgIpc) is 2.80. The predicted octanol–water partition coefficient (Wildman–Crippen LogP) is 4.27. The Morgan fingerprint density at radius 2 is 2.00 bits per heavy atom. The molecular weight excluding hydrogens is 298 g/mol. The molecular formula is C17H16ClN3O. The minimum atomic E-state index is -0.176. The fraction of sp³-hybridized carbons (Fsp3) is 0.176. The van der Waals surface area contributed by atoms with Gasteiger partial charge >= 0.3 is 0 Å². The van der Waals surface area contributed by atoms with Gasteiger partial charge in [0.15, 0.2) is 0 Å². The molecule has 1 amide bonds. The van der Waals surface area contributed by atoms with Gasteiger partial charge in [-0.1, -0.05) is 35.9 Å². The van der Waals surface area contributed by atoms with Gasteiger partial charge in [-0.3, -0.25) is 4.79 Å². The highest BCUT2D eigenvalue weighted by molar-refractivity contribution is 6.29. The standard InChI is InChI=1S/C17H16ClN3O/c1-3-21-13-8-5-4-7-12(13)11(2)16(21)17(22)20-15-10-6-9-14(18)19-15/h4-10H,3H2,1-2H3,(H,19,20,22). The van der Waals surface area contributed by atoms with Crippen molar-refractivity contribution in [3.63, 3.8) is 0 Å². The number of benzene rings is 1. The Bertz CT molecular complexity index is 854. The molecule has 2 aromatic heterocycles. The van der Waals surface area contributed by atoms with Crippen molar-refractivity contribution in [2.45, 2.75) is 20.4 Å². The molecule has 0 saturated carbocycles. The zero-order valence-corrected chi connectivity index (χ0v) is 13.2. The molecule has 0 radical (unpaired) electrons. The fourth-order valence-electron chi connectivity index (χ4n) is 2.75. The topological polar surface area (TPSA) is 46.9 Å².